The largest absolute Gasteiger partial charge is 0.384 e. The van der Waals surface area contributed by atoms with Gasteiger partial charge in [0.2, 0.25) is 0 Å². The molecule has 2 aromatic rings. The summed E-state index contributed by atoms with van der Waals surface area (Å²) in [5.41, 5.74) is 7.97. The van der Waals surface area contributed by atoms with Gasteiger partial charge in [0.1, 0.15) is 12.0 Å². The number of hydrogen-bond acceptors (Lipinski definition) is 3. The molecule has 0 amide bonds. The number of rotatable bonds is 2. The number of nitrogens with zero attached hydrogens (tertiary/aromatic N) is 2. The van der Waals surface area contributed by atoms with E-state index in [9.17, 15) is 4.39 Å². The summed E-state index contributed by atoms with van der Waals surface area (Å²) < 4.78 is 13.2. The summed E-state index contributed by atoms with van der Waals surface area (Å²) in [6, 6.07) is 9.95. The normalized spacial score (nSPS) is 17.9. The highest BCUT2D eigenvalue weighted by Gasteiger charge is 2.19. The zero-order chi connectivity index (χ0) is 13.2. The number of aromatic nitrogens is 1. The highest BCUT2D eigenvalue weighted by Crippen LogP contribution is 2.23. The van der Waals surface area contributed by atoms with Gasteiger partial charge in [-0.05, 0) is 30.5 Å². The fourth-order valence-corrected chi connectivity index (χ4v) is 2.70. The van der Waals surface area contributed by atoms with E-state index in [0.717, 1.165) is 30.5 Å². The molecule has 1 aliphatic rings. The fraction of sp³-hybridized carbons (Fsp3) is 0.400. The molecular weight excluding hydrogens is 241 g/mol. The molecular formula is C15H18FN3. The molecule has 0 unspecified atom stereocenters. The molecule has 0 saturated carbocycles. The van der Waals surface area contributed by atoms with Crippen LogP contribution in [0.4, 0.5) is 10.2 Å². The number of benzene rings is 1. The first-order valence-corrected chi connectivity index (χ1v) is 6.73. The lowest BCUT2D eigenvalue weighted by Gasteiger charge is -2.28. The van der Waals surface area contributed by atoms with Gasteiger partial charge in [0.05, 0.1) is 5.52 Å². The summed E-state index contributed by atoms with van der Waals surface area (Å²) in [4.78, 5) is 6.63. The first-order valence-electron chi connectivity index (χ1n) is 6.73. The van der Waals surface area contributed by atoms with Crippen LogP contribution in [0.15, 0.2) is 30.3 Å². The Balaban J connectivity index is 1.88. The number of pyridine rings is 1. The summed E-state index contributed by atoms with van der Waals surface area (Å²) in [5.74, 6) is 0.550. The Morgan fingerprint density at radius 1 is 1.26 bits per heavy atom. The number of nitrogen functional groups attached to an aromatic ring is 1. The third kappa shape index (κ3) is 2.68. The van der Waals surface area contributed by atoms with Gasteiger partial charge in [-0.15, -0.1) is 0 Å². The second-order valence-corrected chi connectivity index (χ2v) is 5.17. The maximum absolute atomic E-state index is 13.2. The Labute approximate surface area is 112 Å². The molecule has 1 saturated heterocycles. The molecule has 19 heavy (non-hydrogen) atoms. The van der Waals surface area contributed by atoms with Crippen LogP contribution in [0.2, 0.25) is 0 Å². The second kappa shape index (κ2) is 5.13. The van der Waals surface area contributed by atoms with Gasteiger partial charge in [0.15, 0.2) is 0 Å². The van der Waals surface area contributed by atoms with Crippen LogP contribution in [0.1, 0.15) is 18.4 Å². The van der Waals surface area contributed by atoms with E-state index in [1.54, 1.807) is 0 Å². The predicted molar refractivity (Wildman–Crippen MR) is 75.6 cm³/mol. The number of alkyl halides is 1. The SMILES string of the molecule is Nc1cc(CN2CCC(F)CC2)c2ccccc2n1. The summed E-state index contributed by atoms with van der Waals surface area (Å²) in [6.07, 6.45) is 0.646. The van der Waals surface area contributed by atoms with Crippen LogP contribution in [-0.4, -0.2) is 29.1 Å². The monoisotopic (exact) mass is 259 g/mol. The average molecular weight is 259 g/mol. The molecule has 3 nitrogen and oxygen atoms in total. The lowest BCUT2D eigenvalue weighted by molar-refractivity contribution is 0.145. The molecule has 1 aromatic heterocycles. The van der Waals surface area contributed by atoms with E-state index in [2.05, 4.69) is 16.0 Å². The first-order chi connectivity index (χ1) is 9.22. The number of hydrogen-bond donors (Lipinski definition) is 1. The van der Waals surface area contributed by atoms with E-state index < -0.39 is 6.17 Å². The van der Waals surface area contributed by atoms with Crippen LogP contribution in [0.3, 0.4) is 0 Å². The van der Waals surface area contributed by atoms with Crippen LogP contribution >= 0.6 is 0 Å². The van der Waals surface area contributed by atoms with Crippen molar-refractivity contribution in [3.63, 3.8) is 0 Å². The van der Waals surface area contributed by atoms with Crippen molar-refractivity contribution in [1.29, 1.82) is 0 Å². The van der Waals surface area contributed by atoms with Crippen LogP contribution in [0, 0.1) is 0 Å². The van der Waals surface area contributed by atoms with Crippen LogP contribution in [0.5, 0.6) is 0 Å². The van der Waals surface area contributed by atoms with E-state index in [-0.39, 0.29) is 0 Å². The van der Waals surface area contributed by atoms with Gasteiger partial charge in [-0.3, -0.25) is 4.90 Å². The maximum atomic E-state index is 13.2. The van der Waals surface area contributed by atoms with E-state index >= 15 is 0 Å². The molecule has 4 heteroatoms. The Morgan fingerprint density at radius 2 is 2.00 bits per heavy atom. The van der Waals surface area contributed by atoms with Crippen LogP contribution in [0.25, 0.3) is 10.9 Å². The number of anilines is 1. The maximum Gasteiger partial charge on any atom is 0.124 e. The Morgan fingerprint density at radius 3 is 2.79 bits per heavy atom. The molecule has 100 valence electrons. The highest BCUT2D eigenvalue weighted by atomic mass is 19.1. The highest BCUT2D eigenvalue weighted by molar-refractivity contribution is 5.83. The molecule has 0 radical (unpaired) electrons. The number of nitrogens with two attached hydrogens (primary N) is 1. The molecule has 0 aliphatic carbocycles. The Hall–Kier alpha value is -1.68. The standard InChI is InChI=1S/C15H18FN3/c16-12-5-7-19(8-6-12)10-11-9-15(17)18-14-4-2-1-3-13(11)14/h1-4,9,12H,5-8,10H2,(H2,17,18). The molecule has 1 aliphatic heterocycles. The molecule has 3 rings (SSSR count). The fourth-order valence-electron chi connectivity index (χ4n) is 2.70. The second-order valence-electron chi connectivity index (χ2n) is 5.17. The third-order valence-electron chi connectivity index (χ3n) is 3.73. The summed E-state index contributed by atoms with van der Waals surface area (Å²) >= 11 is 0. The van der Waals surface area contributed by atoms with Crippen molar-refractivity contribution in [2.75, 3.05) is 18.8 Å². The number of likely N-dealkylation sites (tertiary alicyclic amines) is 1. The predicted octanol–water partition coefficient (Wildman–Crippen LogP) is 2.75. The number of halogens is 1. The van der Waals surface area contributed by atoms with E-state index in [1.807, 2.05) is 24.3 Å². The Bertz CT molecular complexity index is 577. The van der Waals surface area contributed by atoms with E-state index in [4.69, 9.17) is 5.73 Å². The van der Waals surface area contributed by atoms with Crippen LogP contribution < -0.4 is 5.73 Å². The summed E-state index contributed by atoms with van der Waals surface area (Å²) in [6.45, 7) is 2.45. The number of para-hydroxylation sites is 1. The van der Waals surface area contributed by atoms with Gasteiger partial charge in [0.25, 0.3) is 0 Å². The minimum Gasteiger partial charge on any atom is -0.384 e. The van der Waals surface area contributed by atoms with Crippen molar-refractivity contribution >= 4 is 16.7 Å². The first kappa shape index (κ1) is 12.4. The van der Waals surface area contributed by atoms with Crippen molar-refractivity contribution in [2.45, 2.75) is 25.6 Å². The quantitative estimate of drug-likeness (QED) is 0.901. The summed E-state index contributed by atoms with van der Waals surface area (Å²) in [5, 5.41) is 1.14. The van der Waals surface area contributed by atoms with Gasteiger partial charge >= 0.3 is 0 Å². The van der Waals surface area contributed by atoms with Crippen molar-refractivity contribution in [1.82, 2.24) is 9.88 Å². The van der Waals surface area contributed by atoms with Gasteiger partial charge < -0.3 is 5.73 Å². The van der Waals surface area contributed by atoms with Crippen molar-refractivity contribution in [3.8, 4) is 0 Å². The lowest BCUT2D eigenvalue weighted by Crippen LogP contribution is -2.33. The lowest BCUT2D eigenvalue weighted by atomic mass is 10.1. The van der Waals surface area contributed by atoms with Crippen molar-refractivity contribution in [2.24, 2.45) is 0 Å². The van der Waals surface area contributed by atoms with Crippen LogP contribution in [-0.2, 0) is 6.54 Å². The zero-order valence-electron chi connectivity index (χ0n) is 10.8. The third-order valence-corrected chi connectivity index (χ3v) is 3.73. The zero-order valence-corrected chi connectivity index (χ0v) is 10.8. The molecule has 0 spiro atoms. The molecule has 2 heterocycles. The van der Waals surface area contributed by atoms with Gasteiger partial charge in [-0.25, -0.2) is 9.37 Å². The molecule has 0 atom stereocenters. The minimum absolute atomic E-state index is 0.550. The number of fused-ring (bicyclic) bond motifs is 1. The van der Waals surface area contributed by atoms with Crippen molar-refractivity contribution < 1.29 is 4.39 Å². The van der Waals surface area contributed by atoms with Crippen molar-refractivity contribution in [3.05, 3.63) is 35.9 Å². The molecule has 1 aromatic carbocycles. The topological polar surface area (TPSA) is 42.1 Å². The average Bonchev–Trinajstić information content (AvgIpc) is 2.41. The molecule has 0 bridgehead atoms. The van der Waals surface area contributed by atoms with Gasteiger partial charge in [-0.2, -0.15) is 0 Å². The smallest absolute Gasteiger partial charge is 0.124 e. The summed E-state index contributed by atoms with van der Waals surface area (Å²) in [7, 11) is 0. The van der Waals surface area contributed by atoms with E-state index in [0.29, 0.717) is 18.7 Å². The number of piperidine rings is 1. The minimum atomic E-state index is -0.629. The van der Waals surface area contributed by atoms with Gasteiger partial charge in [-0.1, -0.05) is 18.2 Å². The molecule has 2 N–H and O–H groups in total. The Kier molecular flexibility index (Phi) is 3.34. The molecule has 1 fully saturated rings. The van der Waals surface area contributed by atoms with Gasteiger partial charge in [0, 0.05) is 25.0 Å². The van der Waals surface area contributed by atoms with E-state index in [1.165, 1.54) is 5.56 Å².